The molecule has 0 radical (unpaired) electrons. The number of rotatable bonds is 4. The third kappa shape index (κ3) is 3.25. The van der Waals surface area contributed by atoms with Crippen LogP contribution in [0.1, 0.15) is 10.4 Å². The van der Waals surface area contributed by atoms with Crippen LogP contribution in [0.2, 0.25) is 0 Å². The summed E-state index contributed by atoms with van der Waals surface area (Å²) in [5.74, 6) is -0.458. The molecule has 0 aliphatic rings. The van der Waals surface area contributed by atoms with Crippen LogP contribution in [0, 0.1) is 10.1 Å². The molecule has 0 aliphatic heterocycles. The number of nitro groups is 1. The zero-order valence-electron chi connectivity index (χ0n) is 8.00. The normalized spacial score (nSPS) is 12.1. The third-order valence-corrected chi connectivity index (χ3v) is 2.38. The smallest absolute Gasteiger partial charge is 0.270 e. The molecule has 0 spiro atoms. The summed E-state index contributed by atoms with van der Waals surface area (Å²) in [5.41, 5.74) is 0.0853. The molecule has 0 aliphatic carbocycles. The van der Waals surface area contributed by atoms with Crippen LogP contribution in [0.5, 0.6) is 0 Å². The van der Waals surface area contributed by atoms with Crippen LogP contribution in [-0.2, 0) is 10.8 Å². The summed E-state index contributed by atoms with van der Waals surface area (Å²) in [6, 6.07) is 5.40. The molecule has 1 aromatic rings. The average molecular weight is 227 g/mol. The molecule has 80 valence electrons. The number of ketones is 1. The van der Waals surface area contributed by atoms with Crippen LogP contribution in [0.25, 0.3) is 0 Å². The number of benzene rings is 1. The molecule has 1 atom stereocenters. The number of hydrogen-bond donors (Lipinski definition) is 0. The Balaban J connectivity index is 2.95. The van der Waals surface area contributed by atoms with E-state index in [0.29, 0.717) is 0 Å². The van der Waals surface area contributed by atoms with E-state index in [-0.39, 0.29) is 22.8 Å². The van der Waals surface area contributed by atoms with E-state index in [1.165, 1.54) is 30.5 Å². The fourth-order valence-electron chi connectivity index (χ4n) is 1.06. The molecule has 0 amide bonds. The number of hydrogen-bond acceptors (Lipinski definition) is 4. The Morgan fingerprint density at radius 3 is 2.73 bits per heavy atom. The Morgan fingerprint density at radius 2 is 2.20 bits per heavy atom. The maximum atomic E-state index is 11.4. The van der Waals surface area contributed by atoms with Crippen LogP contribution in [0.15, 0.2) is 24.3 Å². The SMILES string of the molecule is CS(=O)CC(=O)c1cccc([N+](=O)[O-])c1. The zero-order valence-corrected chi connectivity index (χ0v) is 8.82. The molecule has 0 bridgehead atoms. The van der Waals surface area contributed by atoms with Crippen molar-refractivity contribution in [3.8, 4) is 0 Å². The number of Topliss-reactive ketones (excluding diaryl/α,β-unsaturated/α-hetero) is 1. The van der Waals surface area contributed by atoms with E-state index >= 15 is 0 Å². The van der Waals surface area contributed by atoms with E-state index in [4.69, 9.17) is 0 Å². The summed E-state index contributed by atoms with van der Waals surface area (Å²) < 4.78 is 10.8. The first-order valence-electron chi connectivity index (χ1n) is 4.08. The van der Waals surface area contributed by atoms with Gasteiger partial charge in [-0.2, -0.15) is 0 Å². The fraction of sp³-hybridized carbons (Fsp3) is 0.222. The van der Waals surface area contributed by atoms with Gasteiger partial charge < -0.3 is 0 Å². The molecule has 0 heterocycles. The fourth-order valence-corrected chi connectivity index (χ4v) is 1.60. The minimum absolute atomic E-state index is 0.110. The third-order valence-electron chi connectivity index (χ3n) is 1.71. The Hall–Kier alpha value is -1.56. The highest BCUT2D eigenvalue weighted by Crippen LogP contribution is 2.13. The van der Waals surface area contributed by atoms with Gasteiger partial charge in [0.2, 0.25) is 0 Å². The predicted octanol–water partition coefficient (Wildman–Crippen LogP) is 1.16. The molecule has 0 saturated carbocycles. The lowest BCUT2D eigenvalue weighted by Gasteiger charge is -1.98. The van der Waals surface area contributed by atoms with Gasteiger partial charge in [0.05, 0.1) is 10.7 Å². The maximum absolute atomic E-state index is 11.4. The van der Waals surface area contributed by atoms with Gasteiger partial charge in [-0.1, -0.05) is 12.1 Å². The van der Waals surface area contributed by atoms with Crippen molar-refractivity contribution in [3.63, 3.8) is 0 Å². The molecular formula is C9H9NO4S. The van der Waals surface area contributed by atoms with Gasteiger partial charge in [-0.3, -0.25) is 19.1 Å². The van der Waals surface area contributed by atoms with Crippen molar-refractivity contribution < 1.29 is 13.9 Å². The summed E-state index contributed by atoms with van der Waals surface area (Å²) in [6.07, 6.45) is 1.41. The van der Waals surface area contributed by atoms with Crippen molar-refractivity contribution in [1.29, 1.82) is 0 Å². The minimum Gasteiger partial charge on any atom is -0.293 e. The van der Waals surface area contributed by atoms with E-state index in [0.717, 1.165) is 0 Å². The van der Waals surface area contributed by atoms with Gasteiger partial charge in [0, 0.05) is 34.8 Å². The molecule has 1 rings (SSSR count). The number of non-ortho nitro benzene ring substituents is 1. The van der Waals surface area contributed by atoms with E-state index in [1.54, 1.807) is 0 Å². The van der Waals surface area contributed by atoms with Gasteiger partial charge in [0.15, 0.2) is 5.78 Å². The summed E-state index contributed by atoms with van der Waals surface area (Å²) in [4.78, 5) is 21.3. The maximum Gasteiger partial charge on any atom is 0.270 e. The van der Waals surface area contributed by atoms with Crippen molar-refractivity contribution in [2.45, 2.75) is 0 Å². The molecule has 0 saturated heterocycles. The number of nitrogens with zero attached hydrogens (tertiary/aromatic N) is 1. The molecule has 0 aromatic heterocycles. The highest BCUT2D eigenvalue weighted by molar-refractivity contribution is 7.85. The molecule has 0 N–H and O–H groups in total. The second-order valence-corrected chi connectivity index (χ2v) is 4.38. The second kappa shape index (κ2) is 4.79. The molecule has 15 heavy (non-hydrogen) atoms. The number of carbonyl (C=O) groups excluding carboxylic acids is 1. The first-order valence-corrected chi connectivity index (χ1v) is 5.81. The number of carbonyl (C=O) groups is 1. The summed E-state index contributed by atoms with van der Waals surface area (Å²) in [7, 11) is -1.23. The first kappa shape index (κ1) is 11.5. The van der Waals surface area contributed by atoms with Crippen LogP contribution in [-0.4, -0.2) is 26.9 Å². The van der Waals surface area contributed by atoms with Gasteiger partial charge in [-0.25, -0.2) is 0 Å². The lowest BCUT2D eigenvalue weighted by Crippen LogP contribution is -2.09. The zero-order chi connectivity index (χ0) is 11.4. The Labute approximate surface area is 88.7 Å². The van der Waals surface area contributed by atoms with Crippen LogP contribution < -0.4 is 0 Å². The van der Waals surface area contributed by atoms with Gasteiger partial charge >= 0.3 is 0 Å². The van der Waals surface area contributed by atoms with E-state index in [9.17, 15) is 19.1 Å². The Bertz CT molecular complexity index is 430. The van der Waals surface area contributed by atoms with E-state index in [1.807, 2.05) is 0 Å². The summed E-state index contributed by atoms with van der Waals surface area (Å²) in [5, 5.41) is 10.4. The highest BCUT2D eigenvalue weighted by Gasteiger charge is 2.12. The summed E-state index contributed by atoms with van der Waals surface area (Å²) >= 11 is 0. The van der Waals surface area contributed by atoms with E-state index < -0.39 is 15.7 Å². The van der Waals surface area contributed by atoms with E-state index in [2.05, 4.69) is 0 Å². The van der Waals surface area contributed by atoms with Crippen molar-refractivity contribution in [2.75, 3.05) is 12.0 Å². The monoisotopic (exact) mass is 227 g/mol. The topological polar surface area (TPSA) is 77.3 Å². The van der Waals surface area contributed by atoms with Crippen LogP contribution in [0.3, 0.4) is 0 Å². The van der Waals surface area contributed by atoms with Crippen LogP contribution in [0.4, 0.5) is 5.69 Å². The Morgan fingerprint density at radius 1 is 1.53 bits per heavy atom. The largest absolute Gasteiger partial charge is 0.293 e. The lowest BCUT2D eigenvalue weighted by molar-refractivity contribution is -0.384. The van der Waals surface area contributed by atoms with Gasteiger partial charge in [0.25, 0.3) is 5.69 Å². The second-order valence-electron chi connectivity index (χ2n) is 2.95. The van der Waals surface area contributed by atoms with Crippen LogP contribution >= 0.6 is 0 Å². The van der Waals surface area contributed by atoms with Crippen molar-refractivity contribution in [1.82, 2.24) is 0 Å². The van der Waals surface area contributed by atoms with Gasteiger partial charge in [-0.15, -0.1) is 0 Å². The average Bonchev–Trinajstić information content (AvgIpc) is 2.17. The van der Waals surface area contributed by atoms with Crippen molar-refractivity contribution in [3.05, 3.63) is 39.9 Å². The first-order chi connectivity index (χ1) is 7.00. The molecule has 1 unspecified atom stereocenters. The molecule has 5 nitrogen and oxygen atoms in total. The lowest BCUT2D eigenvalue weighted by atomic mass is 10.1. The molecular weight excluding hydrogens is 218 g/mol. The molecule has 1 aromatic carbocycles. The quantitative estimate of drug-likeness (QED) is 0.439. The highest BCUT2D eigenvalue weighted by atomic mass is 32.2. The van der Waals surface area contributed by atoms with Crippen molar-refractivity contribution >= 4 is 22.3 Å². The molecule has 0 fully saturated rings. The van der Waals surface area contributed by atoms with Crippen molar-refractivity contribution in [2.24, 2.45) is 0 Å². The molecule has 6 heteroatoms. The minimum atomic E-state index is -1.23. The Kier molecular flexibility index (Phi) is 3.68. The predicted molar refractivity (Wildman–Crippen MR) is 56.4 cm³/mol. The van der Waals surface area contributed by atoms with Gasteiger partial charge in [-0.05, 0) is 0 Å². The summed E-state index contributed by atoms with van der Waals surface area (Å²) in [6.45, 7) is 0. The standard InChI is InChI=1S/C9H9NO4S/c1-15(14)6-9(11)7-3-2-4-8(5-7)10(12)13/h2-5H,6H2,1H3. The number of nitro benzene ring substituents is 1. The van der Waals surface area contributed by atoms with Gasteiger partial charge in [0.1, 0.15) is 0 Å².